The van der Waals surface area contributed by atoms with Gasteiger partial charge in [0.1, 0.15) is 23.0 Å². The molecule has 4 aromatic carbocycles. The zero-order valence-corrected chi connectivity index (χ0v) is 23.5. The third-order valence-electron chi connectivity index (χ3n) is 9.06. The van der Waals surface area contributed by atoms with Crippen LogP contribution in [0.1, 0.15) is 53.7 Å². The summed E-state index contributed by atoms with van der Waals surface area (Å²) in [7, 11) is 3.12. The van der Waals surface area contributed by atoms with Crippen molar-refractivity contribution in [3.63, 3.8) is 0 Å². The van der Waals surface area contributed by atoms with E-state index in [0.717, 1.165) is 16.8 Å². The Morgan fingerprint density at radius 3 is 2.17 bits per heavy atom. The number of ketones is 3. The Morgan fingerprint density at radius 1 is 0.810 bits per heavy atom. The number of methoxy groups -OCH3 is 2. The van der Waals surface area contributed by atoms with E-state index in [1.165, 1.54) is 0 Å². The van der Waals surface area contributed by atoms with Crippen LogP contribution in [0.5, 0.6) is 11.5 Å². The van der Waals surface area contributed by atoms with E-state index in [-0.39, 0.29) is 17.3 Å². The molecule has 6 heteroatoms. The summed E-state index contributed by atoms with van der Waals surface area (Å²) in [5.41, 5.74) is 3.04. The molecule has 3 atom stereocenters. The number of fused-ring (bicyclic) bond motifs is 5. The lowest BCUT2D eigenvalue weighted by atomic mass is 9.64. The SMILES string of the molecule is COc1ccc(OC)c([C@H]2[C@@H](C(=O)c3ccccc3)N3c4ccc(C)cc4C=C[C@@H]3C23C(=O)c2ccccc2C3=O)c1. The standard InChI is InChI=1S/C36H29NO5/c1-21-13-16-28-23(19-21)14-18-30-36(34(39)25-11-7-8-12-26(25)35(36)40)31(27-20-24(41-2)15-17-29(27)42-3)32(37(28)30)33(38)22-9-5-4-6-10-22/h4-20,30-32H,1-3H3/t30-,31+,32+/m1/s1. The van der Waals surface area contributed by atoms with Crippen LogP contribution in [0.15, 0.2) is 97.1 Å². The molecule has 0 unspecified atom stereocenters. The van der Waals surface area contributed by atoms with Gasteiger partial charge in [-0.1, -0.05) is 78.4 Å². The number of anilines is 1. The third-order valence-corrected chi connectivity index (χ3v) is 9.06. The van der Waals surface area contributed by atoms with Crippen molar-refractivity contribution >= 4 is 29.1 Å². The topological polar surface area (TPSA) is 72.9 Å². The summed E-state index contributed by atoms with van der Waals surface area (Å²) < 4.78 is 11.5. The Morgan fingerprint density at radius 2 is 1.50 bits per heavy atom. The first kappa shape index (κ1) is 26.0. The molecule has 1 saturated heterocycles. The maximum absolute atomic E-state index is 14.8. The van der Waals surface area contributed by atoms with Gasteiger partial charge in [-0.05, 0) is 42.8 Å². The number of aryl methyl sites for hydroxylation is 1. The van der Waals surface area contributed by atoms with Gasteiger partial charge >= 0.3 is 0 Å². The Balaban J connectivity index is 1.59. The molecule has 2 aliphatic heterocycles. The van der Waals surface area contributed by atoms with E-state index >= 15 is 0 Å². The Bertz CT molecular complexity index is 1770. The lowest BCUT2D eigenvalue weighted by Crippen LogP contribution is -2.48. The number of carbonyl (C=O) groups excluding carboxylic acids is 3. The summed E-state index contributed by atoms with van der Waals surface area (Å²) in [5, 5.41) is 0. The van der Waals surface area contributed by atoms with Gasteiger partial charge in [0.15, 0.2) is 17.3 Å². The first-order valence-corrected chi connectivity index (χ1v) is 14.0. The average molecular weight is 556 g/mol. The predicted molar refractivity (Wildman–Crippen MR) is 161 cm³/mol. The average Bonchev–Trinajstić information content (AvgIpc) is 3.46. The second kappa shape index (κ2) is 9.55. The monoisotopic (exact) mass is 555 g/mol. The van der Waals surface area contributed by atoms with Gasteiger partial charge in [0.25, 0.3) is 0 Å². The van der Waals surface area contributed by atoms with Gasteiger partial charge in [0, 0.05) is 33.9 Å². The van der Waals surface area contributed by atoms with Crippen molar-refractivity contribution in [3.05, 3.63) is 130 Å². The van der Waals surface area contributed by atoms with Gasteiger partial charge in [-0.15, -0.1) is 0 Å². The maximum atomic E-state index is 14.8. The van der Waals surface area contributed by atoms with Gasteiger partial charge < -0.3 is 14.4 Å². The fourth-order valence-corrected chi connectivity index (χ4v) is 7.30. The molecule has 0 radical (unpaired) electrons. The van der Waals surface area contributed by atoms with Crippen molar-refractivity contribution in [2.24, 2.45) is 5.41 Å². The number of nitrogens with zero attached hydrogens (tertiary/aromatic N) is 1. The molecule has 1 fully saturated rings. The summed E-state index contributed by atoms with van der Waals surface area (Å²) in [6.07, 6.45) is 3.91. The van der Waals surface area contributed by atoms with E-state index in [1.54, 1.807) is 68.8 Å². The van der Waals surface area contributed by atoms with Crippen molar-refractivity contribution < 1.29 is 23.9 Å². The molecule has 0 amide bonds. The summed E-state index contributed by atoms with van der Waals surface area (Å²) in [4.78, 5) is 46.5. The number of benzene rings is 4. The van der Waals surface area contributed by atoms with E-state index in [0.29, 0.717) is 33.8 Å². The lowest BCUT2D eigenvalue weighted by Gasteiger charge is -2.37. The fourth-order valence-electron chi connectivity index (χ4n) is 7.30. The molecule has 6 nitrogen and oxygen atoms in total. The number of carbonyl (C=O) groups is 3. The van der Waals surface area contributed by atoms with Crippen LogP contribution in [0.25, 0.3) is 6.08 Å². The van der Waals surface area contributed by atoms with Gasteiger partial charge in [0.2, 0.25) is 0 Å². The summed E-state index contributed by atoms with van der Waals surface area (Å²) in [5.74, 6) is -0.599. The molecular weight excluding hydrogens is 526 g/mol. The molecule has 2 heterocycles. The van der Waals surface area contributed by atoms with Gasteiger partial charge in [-0.2, -0.15) is 0 Å². The molecule has 0 bridgehead atoms. The normalized spacial score (nSPS) is 21.2. The first-order chi connectivity index (χ1) is 20.4. The number of hydrogen-bond acceptors (Lipinski definition) is 6. The molecule has 4 aromatic rings. The highest BCUT2D eigenvalue weighted by molar-refractivity contribution is 6.32. The predicted octanol–water partition coefficient (Wildman–Crippen LogP) is 6.33. The van der Waals surface area contributed by atoms with Crippen molar-refractivity contribution in [3.8, 4) is 11.5 Å². The van der Waals surface area contributed by atoms with Gasteiger partial charge in [0.05, 0.1) is 20.3 Å². The van der Waals surface area contributed by atoms with Gasteiger partial charge in [-0.25, -0.2) is 0 Å². The second-order valence-corrected chi connectivity index (χ2v) is 11.1. The van der Waals surface area contributed by atoms with Crippen LogP contribution in [0.4, 0.5) is 5.69 Å². The van der Waals surface area contributed by atoms with Crippen LogP contribution < -0.4 is 14.4 Å². The lowest BCUT2D eigenvalue weighted by molar-refractivity contribution is 0.0664. The summed E-state index contributed by atoms with van der Waals surface area (Å²) in [6, 6.07) is 25.8. The molecule has 1 aliphatic carbocycles. The molecule has 1 spiro atoms. The molecule has 7 rings (SSSR count). The zero-order chi connectivity index (χ0) is 29.2. The Hall–Kier alpha value is -4.97. The second-order valence-electron chi connectivity index (χ2n) is 11.1. The minimum Gasteiger partial charge on any atom is -0.497 e. The highest BCUT2D eigenvalue weighted by Gasteiger charge is 2.72. The highest BCUT2D eigenvalue weighted by Crippen LogP contribution is 2.62. The van der Waals surface area contributed by atoms with Crippen molar-refractivity contribution in [1.29, 1.82) is 0 Å². The van der Waals surface area contributed by atoms with E-state index in [9.17, 15) is 14.4 Å². The zero-order valence-electron chi connectivity index (χ0n) is 23.5. The molecule has 0 saturated carbocycles. The van der Waals surface area contributed by atoms with Crippen molar-refractivity contribution in [2.45, 2.75) is 24.9 Å². The molecule has 0 N–H and O–H groups in total. The van der Waals surface area contributed by atoms with E-state index < -0.39 is 23.4 Å². The largest absolute Gasteiger partial charge is 0.497 e. The molecule has 0 aromatic heterocycles. The van der Waals surface area contributed by atoms with E-state index in [2.05, 4.69) is 6.07 Å². The van der Waals surface area contributed by atoms with Crippen LogP contribution in [0, 0.1) is 12.3 Å². The fraction of sp³-hybridized carbons (Fsp3) is 0.194. The molecule has 3 aliphatic rings. The van der Waals surface area contributed by atoms with Gasteiger partial charge in [-0.3, -0.25) is 14.4 Å². The van der Waals surface area contributed by atoms with Crippen molar-refractivity contribution in [2.75, 3.05) is 19.1 Å². The third kappa shape index (κ3) is 3.41. The smallest absolute Gasteiger partial charge is 0.185 e. The van der Waals surface area contributed by atoms with Crippen LogP contribution in [-0.4, -0.2) is 43.7 Å². The van der Waals surface area contributed by atoms with Crippen LogP contribution in [0.2, 0.25) is 0 Å². The maximum Gasteiger partial charge on any atom is 0.185 e. The van der Waals surface area contributed by atoms with Crippen LogP contribution >= 0.6 is 0 Å². The Labute approximate surface area is 244 Å². The number of Topliss-reactive ketones (excluding diaryl/α,β-unsaturated/α-hetero) is 3. The van der Waals surface area contributed by atoms with Crippen LogP contribution in [-0.2, 0) is 0 Å². The first-order valence-electron chi connectivity index (χ1n) is 14.0. The molecular formula is C36H29NO5. The van der Waals surface area contributed by atoms with E-state index in [1.807, 2.05) is 54.3 Å². The van der Waals surface area contributed by atoms with E-state index in [4.69, 9.17) is 9.47 Å². The van der Waals surface area contributed by atoms with Crippen molar-refractivity contribution in [1.82, 2.24) is 0 Å². The Kier molecular flexibility index (Phi) is 5.91. The van der Waals surface area contributed by atoms with Crippen LogP contribution in [0.3, 0.4) is 0 Å². The minimum atomic E-state index is -1.61. The highest BCUT2D eigenvalue weighted by atomic mass is 16.5. The summed E-state index contributed by atoms with van der Waals surface area (Å²) in [6.45, 7) is 2.02. The quantitative estimate of drug-likeness (QED) is 0.212. The number of ether oxygens (including phenoxy) is 2. The molecule has 208 valence electrons. The summed E-state index contributed by atoms with van der Waals surface area (Å²) >= 11 is 0. The minimum absolute atomic E-state index is 0.175. The number of hydrogen-bond donors (Lipinski definition) is 0. The molecule has 42 heavy (non-hydrogen) atoms. The number of rotatable bonds is 5.